The highest BCUT2D eigenvalue weighted by molar-refractivity contribution is 8.00. The van der Waals surface area contributed by atoms with E-state index in [1.54, 1.807) is 25.4 Å². The van der Waals surface area contributed by atoms with Crippen molar-refractivity contribution in [1.29, 1.82) is 0 Å². The molecule has 3 aromatic rings. The van der Waals surface area contributed by atoms with Crippen LogP contribution in [0.4, 0.5) is 19.0 Å². The van der Waals surface area contributed by atoms with Crippen LogP contribution in [0, 0.1) is 0 Å². The smallest absolute Gasteiger partial charge is 0.495 e. The molecular formula is C21H18F3N3O4S. The first-order valence-electron chi connectivity index (χ1n) is 9.72. The van der Waals surface area contributed by atoms with Crippen molar-refractivity contribution >= 4 is 17.8 Å². The van der Waals surface area contributed by atoms with Crippen molar-refractivity contribution in [1.82, 2.24) is 10.1 Å². The molecule has 0 aliphatic heterocycles. The van der Waals surface area contributed by atoms with Crippen LogP contribution in [0.15, 0.2) is 39.9 Å². The Morgan fingerprint density at radius 3 is 2.66 bits per heavy atom. The van der Waals surface area contributed by atoms with Crippen LogP contribution in [0.5, 0.6) is 17.4 Å². The lowest BCUT2D eigenvalue weighted by Gasteiger charge is -2.25. The number of fused-ring (bicyclic) bond motifs is 4. The van der Waals surface area contributed by atoms with E-state index in [-0.39, 0.29) is 11.2 Å². The molecule has 2 aliphatic carbocycles. The predicted octanol–water partition coefficient (Wildman–Crippen LogP) is 5.36. The highest BCUT2D eigenvalue weighted by Crippen LogP contribution is 2.59. The molecule has 1 aromatic carbocycles. The SMILES string of the molecule is COc1ccnc(OC)c1SNc1noc2c1CC1(CC1)c1ccc(OC(F)(F)F)cc1-2. The van der Waals surface area contributed by atoms with Crippen LogP contribution in [-0.2, 0) is 11.8 Å². The molecule has 7 nitrogen and oxygen atoms in total. The summed E-state index contributed by atoms with van der Waals surface area (Å²) in [6.45, 7) is 0. The number of rotatable bonds is 6. The summed E-state index contributed by atoms with van der Waals surface area (Å²) in [7, 11) is 3.06. The van der Waals surface area contributed by atoms with Crippen LogP contribution in [0.25, 0.3) is 11.3 Å². The predicted molar refractivity (Wildman–Crippen MR) is 110 cm³/mol. The number of nitrogens with one attached hydrogen (secondary N) is 1. The first-order chi connectivity index (χ1) is 15.3. The summed E-state index contributed by atoms with van der Waals surface area (Å²) >= 11 is 1.21. The molecule has 1 N–H and O–H groups in total. The third kappa shape index (κ3) is 3.60. The zero-order valence-corrected chi connectivity index (χ0v) is 17.9. The summed E-state index contributed by atoms with van der Waals surface area (Å²) in [6, 6.07) is 6.13. The number of anilines is 1. The van der Waals surface area contributed by atoms with Crippen LogP contribution in [0.2, 0.25) is 0 Å². The topological polar surface area (TPSA) is 78.6 Å². The quantitative estimate of drug-likeness (QED) is 0.488. The fourth-order valence-electron chi connectivity index (χ4n) is 4.08. The summed E-state index contributed by atoms with van der Waals surface area (Å²) in [5.41, 5.74) is 2.24. The molecular weight excluding hydrogens is 447 g/mol. The number of ether oxygens (including phenoxy) is 3. The zero-order valence-electron chi connectivity index (χ0n) is 17.1. The second-order valence-corrected chi connectivity index (χ2v) is 8.42. The van der Waals surface area contributed by atoms with Crippen LogP contribution in [-0.4, -0.2) is 30.7 Å². The van der Waals surface area contributed by atoms with Crippen molar-refractivity contribution < 1.29 is 31.9 Å². The fraction of sp³-hybridized carbons (Fsp3) is 0.333. The fourth-order valence-corrected chi connectivity index (χ4v) is 4.91. The summed E-state index contributed by atoms with van der Waals surface area (Å²) < 4.78 is 61.7. The minimum absolute atomic E-state index is 0.116. The highest BCUT2D eigenvalue weighted by Gasteiger charge is 2.50. The number of hydrogen-bond donors (Lipinski definition) is 1. The number of alkyl halides is 3. The normalized spacial score (nSPS) is 15.7. The number of nitrogens with zero attached hydrogens (tertiary/aromatic N) is 2. The number of benzene rings is 1. The minimum atomic E-state index is -4.77. The summed E-state index contributed by atoms with van der Waals surface area (Å²) in [5.74, 6) is 1.61. The van der Waals surface area contributed by atoms with Gasteiger partial charge in [0.2, 0.25) is 5.88 Å². The molecule has 1 spiro atoms. The van der Waals surface area contributed by atoms with Crippen molar-refractivity contribution in [3.63, 3.8) is 0 Å². The first-order valence-corrected chi connectivity index (χ1v) is 10.5. The third-order valence-corrected chi connectivity index (χ3v) is 6.57. The van der Waals surface area contributed by atoms with Gasteiger partial charge in [0, 0.05) is 22.7 Å². The van der Waals surface area contributed by atoms with E-state index >= 15 is 0 Å². The Morgan fingerprint density at radius 1 is 1.16 bits per heavy atom. The molecule has 2 heterocycles. The number of methoxy groups -OCH3 is 2. The zero-order chi connectivity index (χ0) is 22.5. The van der Waals surface area contributed by atoms with Gasteiger partial charge in [0.25, 0.3) is 0 Å². The second kappa shape index (κ2) is 7.51. The minimum Gasteiger partial charge on any atom is -0.495 e. The number of hydrogen-bond acceptors (Lipinski definition) is 8. The molecule has 5 rings (SSSR count). The Balaban J connectivity index is 1.48. The Bertz CT molecular complexity index is 1160. The van der Waals surface area contributed by atoms with Crippen LogP contribution in [0.1, 0.15) is 24.0 Å². The maximum Gasteiger partial charge on any atom is 0.573 e. The van der Waals surface area contributed by atoms with Gasteiger partial charge in [0.1, 0.15) is 16.4 Å². The molecule has 2 aromatic heterocycles. The molecule has 0 amide bonds. The van der Waals surface area contributed by atoms with E-state index in [4.69, 9.17) is 14.0 Å². The first kappa shape index (κ1) is 20.8. The van der Waals surface area contributed by atoms with E-state index in [1.807, 2.05) is 0 Å². The molecule has 0 radical (unpaired) electrons. The summed E-state index contributed by atoms with van der Waals surface area (Å²) in [5, 5.41) is 4.15. The van der Waals surface area contributed by atoms with Crippen molar-refractivity contribution in [2.45, 2.75) is 35.9 Å². The van der Waals surface area contributed by atoms with Gasteiger partial charge in [-0.2, -0.15) is 0 Å². The molecule has 0 bridgehead atoms. The summed E-state index contributed by atoms with van der Waals surface area (Å²) in [6.07, 6.45) is -0.617. The summed E-state index contributed by atoms with van der Waals surface area (Å²) in [4.78, 5) is 4.81. The third-order valence-electron chi connectivity index (χ3n) is 5.70. The van der Waals surface area contributed by atoms with E-state index in [0.29, 0.717) is 40.1 Å². The van der Waals surface area contributed by atoms with Crippen molar-refractivity contribution in [3.8, 4) is 28.7 Å². The Kier molecular flexibility index (Phi) is 4.88. The lowest BCUT2D eigenvalue weighted by atomic mass is 9.79. The van der Waals surface area contributed by atoms with Gasteiger partial charge >= 0.3 is 6.36 Å². The van der Waals surface area contributed by atoms with Crippen molar-refractivity contribution in [3.05, 3.63) is 41.6 Å². The standard InChI is InChI=1S/C21H18F3N3O4S/c1-28-15-5-8-25-19(29-2)17(15)32-27-18-13-10-20(6-7-20)14-4-3-11(30-21(22,23)24)9-12(14)16(13)31-26-18/h3-5,8-9H,6-7,10H2,1-2H3,(H,26,27). The van der Waals surface area contributed by atoms with Gasteiger partial charge in [-0.1, -0.05) is 11.2 Å². The van der Waals surface area contributed by atoms with Crippen LogP contribution < -0.4 is 18.9 Å². The lowest BCUT2D eigenvalue weighted by Crippen LogP contribution is -2.19. The average Bonchev–Trinajstić information content (AvgIpc) is 3.41. The Morgan fingerprint density at radius 2 is 1.97 bits per heavy atom. The van der Waals surface area contributed by atoms with Crippen molar-refractivity contribution in [2.24, 2.45) is 0 Å². The van der Waals surface area contributed by atoms with E-state index in [0.717, 1.165) is 24.0 Å². The molecule has 1 saturated carbocycles. The van der Waals surface area contributed by atoms with Crippen LogP contribution >= 0.6 is 11.9 Å². The molecule has 0 unspecified atom stereocenters. The van der Waals surface area contributed by atoms with Gasteiger partial charge in [-0.15, -0.1) is 13.2 Å². The van der Waals surface area contributed by atoms with Gasteiger partial charge in [-0.3, -0.25) is 0 Å². The largest absolute Gasteiger partial charge is 0.573 e. The number of aromatic nitrogens is 2. The molecule has 2 aliphatic rings. The van der Waals surface area contributed by atoms with Gasteiger partial charge in [-0.25, -0.2) is 4.98 Å². The van der Waals surface area contributed by atoms with E-state index in [2.05, 4.69) is 19.6 Å². The number of halogens is 3. The highest BCUT2D eigenvalue weighted by atomic mass is 32.2. The van der Waals surface area contributed by atoms with Gasteiger partial charge in [-0.05, 0) is 55.0 Å². The van der Waals surface area contributed by atoms with Gasteiger partial charge in [0.15, 0.2) is 11.6 Å². The second-order valence-electron chi connectivity index (χ2n) is 7.61. The maximum atomic E-state index is 12.7. The van der Waals surface area contributed by atoms with E-state index in [9.17, 15) is 13.2 Å². The van der Waals surface area contributed by atoms with Gasteiger partial charge in [0.05, 0.1) is 14.2 Å². The molecule has 1 fully saturated rings. The van der Waals surface area contributed by atoms with E-state index < -0.39 is 6.36 Å². The average molecular weight is 465 g/mol. The van der Waals surface area contributed by atoms with Gasteiger partial charge < -0.3 is 23.5 Å². The Labute approximate surface area is 185 Å². The van der Waals surface area contributed by atoms with Crippen molar-refractivity contribution in [2.75, 3.05) is 18.9 Å². The van der Waals surface area contributed by atoms with E-state index in [1.165, 1.54) is 31.2 Å². The molecule has 168 valence electrons. The maximum absolute atomic E-state index is 12.7. The lowest BCUT2D eigenvalue weighted by molar-refractivity contribution is -0.274. The molecule has 32 heavy (non-hydrogen) atoms. The monoisotopic (exact) mass is 465 g/mol. The Hall–Kier alpha value is -3.08. The molecule has 0 atom stereocenters. The molecule has 0 saturated heterocycles. The number of pyridine rings is 1. The van der Waals surface area contributed by atoms with Crippen LogP contribution in [0.3, 0.4) is 0 Å². The molecule has 11 heteroatoms.